The Morgan fingerprint density at radius 1 is 1.17 bits per heavy atom. The minimum Gasteiger partial charge on any atom is -0.378 e. The van der Waals surface area contributed by atoms with Gasteiger partial charge in [0.25, 0.3) is 0 Å². The standard InChI is InChI=1S/C20H34N6O2S/c1-20(2,3)16-15-29-17(23-16)13-22-19(21-4)26-7-5-24(6-8-26)14-18(27)25-9-11-28-12-10-25/h15H,5-14H2,1-4H3,(H,21,22). The molecule has 0 bridgehead atoms. The van der Waals surface area contributed by atoms with E-state index >= 15 is 0 Å². The summed E-state index contributed by atoms with van der Waals surface area (Å²) >= 11 is 1.69. The van der Waals surface area contributed by atoms with Crippen LogP contribution in [0.15, 0.2) is 10.4 Å². The van der Waals surface area contributed by atoms with E-state index in [2.05, 4.69) is 46.3 Å². The molecule has 0 aliphatic carbocycles. The number of carbonyl (C=O) groups excluding carboxylic acids is 1. The molecule has 0 aromatic carbocycles. The number of morpholine rings is 1. The first-order chi connectivity index (χ1) is 13.9. The van der Waals surface area contributed by atoms with Crippen LogP contribution in [0, 0.1) is 0 Å². The number of nitrogens with zero attached hydrogens (tertiary/aromatic N) is 5. The summed E-state index contributed by atoms with van der Waals surface area (Å²) in [4.78, 5) is 28.0. The Balaban J connectivity index is 1.44. The molecule has 1 aromatic rings. The molecule has 1 N–H and O–H groups in total. The summed E-state index contributed by atoms with van der Waals surface area (Å²) in [5.74, 6) is 1.11. The molecule has 0 spiro atoms. The lowest BCUT2D eigenvalue weighted by Crippen LogP contribution is -2.54. The van der Waals surface area contributed by atoms with E-state index in [9.17, 15) is 4.79 Å². The Hall–Kier alpha value is -1.71. The van der Waals surface area contributed by atoms with Gasteiger partial charge in [-0.2, -0.15) is 0 Å². The summed E-state index contributed by atoms with van der Waals surface area (Å²) in [6.45, 7) is 13.9. The van der Waals surface area contributed by atoms with E-state index in [1.807, 2.05) is 11.9 Å². The molecule has 9 heteroatoms. The number of thiazole rings is 1. The lowest BCUT2D eigenvalue weighted by molar-refractivity contribution is -0.136. The third-order valence-electron chi connectivity index (χ3n) is 5.32. The molecule has 0 atom stereocenters. The van der Waals surface area contributed by atoms with Crippen molar-refractivity contribution in [1.82, 2.24) is 25.0 Å². The first-order valence-electron chi connectivity index (χ1n) is 10.3. The summed E-state index contributed by atoms with van der Waals surface area (Å²) in [5, 5.41) is 6.66. The van der Waals surface area contributed by atoms with E-state index in [1.165, 1.54) is 0 Å². The average molecular weight is 423 g/mol. The fraction of sp³-hybridized carbons (Fsp3) is 0.750. The van der Waals surface area contributed by atoms with E-state index in [0.717, 1.165) is 42.8 Å². The van der Waals surface area contributed by atoms with Crippen LogP contribution in [0.1, 0.15) is 31.5 Å². The fourth-order valence-electron chi connectivity index (χ4n) is 3.45. The van der Waals surface area contributed by atoms with E-state index < -0.39 is 0 Å². The first kappa shape index (κ1) is 22.0. The third kappa shape index (κ3) is 6.13. The van der Waals surface area contributed by atoms with Gasteiger partial charge in [-0.3, -0.25) is 14.7 Å². The van der Waals surface area contributed by atoms with Crippen LogP contribution in [0.2, 0.25) is 0 Å². The quantitative estimate of drug-likeness (QED) is 0.576. The van der Waals surface area contributed by atoms with Crippen molar-refractivity contribution in [3.05, 3.63) is 16.1 Å². The number of hydrogen-bond donors (Lipinski definition) is 1. The van der Waals surface area contributed by atoms with Gasteiger partial charge >= 0.3 is 0 Å². The fourth-order valence-corrected chi connectivity index (χ4v) is 4.41. The Morgan fingerprint density at radius 2 is 1.86 bits per heavy atom. The highest BCUT2D eigenvalue weighted by Crippen LogP contribution is 2.23. The first-order valence-corrected chi connectivity index (χ1v) is 11.2. The number of rotatable bonds is 4. The van der Waals surface area contributed by atoms with Crippen LogP contribution in [0.25, 0.3) is 0 Å². The highest BCUT2D eigenvalue weighted by atomic mass is 32.1. The largest absolute Gasteiger partial charge is 0.378 e. The maximum Gasteiger partial charge on any atom is 0.236 e. The maximum atomic E-state index is 12.4. The van der Waals surface area contributed by atoms with Gasteiger partial charge in [0.2, 0.25) is 5.91 Å². The number of piperazine rings is 1. The van der Waals surface area contributed by atoms with Gasteiger partial charge in [0, 0.05) is 57.1 Å². The number of aliphatic imine (C=N–C) groups is 1. The molecule has 29 heavy (non-hydrogen) atoms. The maximum absolute atomic E-state index is 12.4. The smallest absolute Gasteiger partial charge is 0.236 e. The van der Waals surface area contributed by atoms with Crippen LogP contribution >= 0.6 is 11.3 Å². The lowest BCUT2D eigenvalue weighted by Gasteiger charge is -2.37. The summed E-state index contributed by atoms with van der Waals surface area (Å²) in [6.07, 6.45) is 0. The van der Waals surface area contributed by atoms with Gasteiger partial charge in [0.15, 0.2) is 5.96 Å². The molecule has 8 nitrogen and oxygen atoms in total. The molecule has 0 saturated carbocycles. The van der Waals surface area contributed by atoms with Crippen molar-refractivity contribution < 1.29 is 9.53 Å². The Morgan fingerprint density at radius 3 is 2.45 bits per heavy atom. The van der Waals surface area contributed by atoms with Crippen molar-refractivity contribution in [3.8, 4) is 0 Å². The second-order valence-electron chi connectivity index (χ2n) is 8.53. The van der Waals surface area contributed by atoms with Crippen molar-refractivity contribution in [2.24, 2.45) is 4.99 Å². The van der Waals surface area contributed by atoms with E-state index in [4.69, 9.17) is 9.72 Å². The number of nitrogens with one attached hydrogen (secondary N) is 1. The summed E-state index contributed by atoms with van der Waals surface area (Å²) in [6, 6.07) is 0. The topological polar surface area (TPSA) is 73.3 Å². The Labute approximate surface area is 177 Å². The van der Waals surface area contributed by atoms with Crippen molar-refractivity contribution in [1.29, 1.82) is 0 Å². The van der Waals surface area contributed by atoms with Crippen molar-refractivity contribution in [2.75, 3.05) is 66.1 Å². The average Bonchev–Trinajstić information content (AvgIpc) is 3.20. The number of amides is 1. The molecule has 2 aliphatic rings. The minimum atomic E-state index is 0.0748. The highest BCUT2D eigenvalue weighted by molar-refractivity contribution is 7.09. The van der Waals surface area contributed by atoms with Crippen LogP contribution < -0.4 is 5.32 Å². The SMILES string of the molecule is CN=C(NCc1nc(C(C)(C)C)cs1)N1CCN(CC(=O)N2CCOCC2)CC1. The number of guanidine groups is 1. The van der Waals surface area contributed by atoms with Gasteiger partial charge in [-0.15, -0.1) is 11.3 Å². The zero-order chi connectivity index (χ0) is 20.9. The highest BCUT2D eigenvalue weighted by Gasteiger charge is 2.24. The molecule has 0 unspecified atom stereocenters. The molecule has 0 radical (unpaired) electrons. The zero-order valence-electron chi connectivity index (χ0n) is 18.1. The summed E-state index contributed by atoms with van der Waals surface area (Å²) in [7, 11) is 1.82. The van der Waals surface area contributed by atoms with Crippen LogP contribution in [0.3, 0.4) is 0 Å². The van der Waals surface area contributed by atoms with Crippen LogP contribution in [0.5, 0.6) is 0 Å². The molecule has 1 amide bonds. The number of carbonyl (C=O) groups is 1. The predicted octanol–water partition coefficient (Wildman–Crippen LogP) is 0.992. The zero-order valence-corrected chi connectivity index (χ0v) is 18.9. The Kier molecular flexibility index (Phi) is 7.48. The number of ether oxygens (including phenoxy) is 1. The number of hydrogen-bond acceptors (Lipinski definition) is 6. The molecule has 162 valence electrons. The summed E-state index contributed by atoms with van der Waals surface area (Å²) in [5.41, 5.74) is 1.21. The van der Waals surface area contributed by atoms with Gasteiger partial charge < -0.3 is 19.9 Å². The molecule has 3 heterocycles. The van der Waals surface area contributed by atoms with Gasteiger partial charge in [0.1, 0.15) is 5.01 Å². The second kappa shape index (κ2) is 9.86. The second-order valence-corrected chi connectivity index (χ2v) is 9.48. The molecular weight excluding hydrogens is 388 g/mol. The van der Waals surface area contributed by atoms with Crippen molar-refractivity contribution >= 4 is 23.2 Å². The third-order valence-corrected chi connectivity index (χ3v) is 6.17. The van der Waals surface area contributed by atoms with Gasteiger partial charge in [-0.1, -0.05) is 20.8 Å². The van der Waals surface area contributed by atoms with Crippen molar-refractivity contribution in [2.45, 2.75) is 32.7 Å². The Bertz CT molecular complexity index is 700. The molecule has 2 fully saturated rings. The predicted molar refractivity (Wildman–Crippen MR) is 116 cm³/mol. The molecule has 3 rings (SSSR count). The monoisotopic (exact) mass is 422 g/mol. The van der Waals surface area contributed by atoms with Crippen molar-refractivity contribution in [3.63, 3.8) is 0 Å². The lowest BCUT2D eigenvalue weighted by atomic mass is 9.93. The van der Waals surface area contributed by atoms with Crippen LogP contribution in [-0.4, -0.2) is 97.6 Å². The van der Waals surface area contributed by atoms with Gasteiger partial charge in [0.05, 0.1) is 32.0 Å². The molecule has 1 aromatic heterocycles. The van der Waals surface area contributed by atoms with Gasteiger partial charge in [-0.25, -0.2) is 4.98 Å². The molecule has 2 saturated heterocycles. The van der Waals surface area contributed by atoms with E-state index in [1.54, 1.807) is 11.3 Å². The normalized spacial score (nSPS) is 19.5. The van der Waals surface area contributed by atoms with Crippen LogP contribution in [-0.2, 0) is 21.5 Å². The minimum absolute atomic E-state index is 0.0748. The summed E-state index contributed by atoms with van der Waals surface area (Å²) < 4.78 is 5.33. The molecular formula is C20H34N6O2S. The number of aromatic nitrogens is 1. The van der Waals surface area contributed by atoms with Crippen LogP contribution in [0.4, 0.5) is 0 Å². The van der Waals surface area contributed by atoms with Gasteiger partial charge in [-0.05, 0) is 0 Å². The molecule has 2 aliphatic heterocycles. The van der Waals surface area contributed by atoms with E-state index in [0.29, 0.717) is 39.4 Å². The van der Waals surface area contributed by atoms with E-state index in [-0.39, 0.29) is 11.3 Å².